The maximum atomic E-state index is 12.9. The first-order chi connectivity index (χ1) is 17.5. The SMILES string of the molecule is Cc1ccc(C)c(NC(=O)CCN2C(=S)N[C@H](c3ccccn3)[C@H]2c2cccn2Cc2ccco2)c1. The van der Waals surface area contributed by atoms with Crippen molar-refractivity contribution in [3.8, 4) is 0 Å². The van der Waals surface area contributed by atoms with Crippen LogP contribution in [-0.4, -0.2) is 32.0 Å². The smallest absolute Gasteiger partial charge is 0.226 e. The van der Waals surface area contributed by atoms with Crippen molar-refractivity contribution in [2.24, 2.45) is 0 Å². The summed E-state index contributed by atoms with van der Waals surface area (Å²) in [5, 5.41) is 7.14. The van der Waals surface area contributed by atoms with Gasteiger partial charge >= 0.3 is 0 Å². The van der Waals surface area contributed by atoms with Gasteiger partial charge in [0.05, 0.1) is 30.6 Å². The number of carbonyl (C=O) groups excluding carboxylic acids is 1. The minimum absolute atomic E-state index is 0.0440. The minimum atomic E-state index is -0.147. The number of aromatic nitrogens is 2. The molecule has 1 saturated heterocycles. The van der Waals surface area contributed by atoms with Gasteiger partial charge in [0.2, 0.25) is 5.91 Å². The van der Waals surface area contributed by atoms with Crippen molar-refractivity contribution >= 4 is 28.9 Å². The lowest BCUT2D eigenvalue weighted by Gasteiger charge is -2.28. The fraction of sp³-hybridized carbons (Fsp3) is 0.250. The number of carbonyl (C=O) groups is 1. The van der Waals surface area contributed by atoms with Gasteiger partial charge in [-0.05, 0) is 79.7 Å². The summed E-state index contributed by atoms with van der Waals surface area (Å²) in [6.45, 7) is 5.09. The summed E-state index contributed by atoms with van der Waals surface area (Å²) in [6, 6.07) is 19.6. The van der Waals surface area contributed by atoms with Crippen molar-refractivity contribution in [2.75, 3.05) is 11.9 Å². The normalized spacial score (nSPS) is 17.3. The zero-order chi connectivity index (χ0) is 25.1. The van der Waals surface area contributed by atoms with E-state index in [1.165, 1.54) is 0 Å². The fourth-order valence-electron chi connectivity index (χ4n) is 4.68. The first-order valence-corrected chi connectivity index (χ1v) is 12.4. The van der Waals surface area contributed by atoms with Crippen LogP contribution >= 0.6 is 12.2 Å². The largest absolute Gasteiger partial charge is 0.467 e. The predicted octanol–water partition coefficient (Wildman–Crippen LogP) is 5.14. The second-order valence-electron chi connectivity index (χ2n) is 9.08. The number of amides is 1. The molecule has 1 fully saturated rings. The Hall–Kier alpha value is -3.91. The quantitative estimate of drug-likeness (QED) is 0.327. The van der Waals surface area contributed by atoms with E-state index in [0.29, 0.717) is 24.6 Å². The van der Waals surface area contributed by atoms with Gasteiger partial charge in [0, 0.05) is 36.7 Å². The van der Waals surface area contributed by atoms with E-state index in [1.807, 2.05) is 74.6 Å². The van der Waals surface area contributed by atoms with Gasteiger partial charge in [0.25, 0.3) is 0 Å². The molecule has 5 rings (SSSR count). The van der Waals surface area contributed by atoms with E-state index < -0.39 is 0 Å². The van der Waals surface area contributed by atoms with Crippen LogP contribution in [0.5, 0.6) is 0 Å². The van der Waals surface area contributed by atoms with Crippen molar-refractivity contribution in [1.82, 2.24) is 19.8 Å². The van der Waals surface area contributed by atoms with Gasteiger partial charge in [-0.2, -0.15) is 0 Å². The summed E-state index contributed by atoms with van der Waals surface area (Å²) in [4.78, 5) is 19.6. The molecule has 2 atom stereocenters. The zero-order valence-electron chi connectivity index (χ0n) is 20.3. The topological polar surface area (TPSA) is 75.3 Å². The zero-order valence-corrected chi connectivity index (χ0v) is 21.2. The molecule has 1 aromatic carbocycles. The van der Waals surface area contributed by atoms with Crippen molar-refractivity contribution in [3.05, 3.63) is 108 Å². The van der Waals surface area contributed by atoms with E-state index >= 15 is 0 Å². The number of anilines is 1. The Labute approximate surface area is 216 Å². The number of aryl methyl sites for hydroxylation is 2. The second kappa shape index (κ2) is 10.4. The van der Waals surface area contributed by atoms with Crippen LogP contribution in [0.3, 0.4) is 0 Å². The van der Waals surface area contributed by atoms with Crippen molar-refractivity contribution < 1.29 is 9.21 Å². The first-order valence-electron chi connectivity index (χ1n) is 12.0. The fourth-order valence-corrected chi connectivity index (χ4v) is 5.02. The number of nitrogens with zero attached hydrogens (tertiary/aromatic N) is 3. The molecule has 1 aliphatic rings. The van der Waals surface area contributed by atoms with Crippen LogP contribution in [0.2, 0.25) is 0 Å². The van der Waals surface area contributed by atoms with E-state index in [4.69, 9.17) is 16.6 Å². The number of thiocarbonyl (C=S) groups is 1. The summed E-state index contributed by atoms with van der Waals surface area (Å²) in [6.07, 6.45) is 5.82. The van der Waals surface area contributed by atoms with Gasteiger partial charge in [-0.25, -0.2) is 0 Å². The van der Waals surface area contributed by atoms with Gasteiger partial charge in [0.1, 0.15) is 5.76 Å². The number of hydrogen-bond donors (Lipinski definition) is 2. The van der Waals surface area contributed by atoms with Crippen LogP contribution in [0.4, 0.5) is 5.69 Å². The molecule has 3 aromatic heterocycles. The van der Waals surface area contributed by atoms with Crippen LogP contribution in [0.15, 0.2) is 83.7 Å². The van der Waals surface area contributed by atoms with E-state index in [1.54, 1.807) is 12.5 Å². The lowest BCUT2D eigenvalue weighted by Crippen LogP contribution is -2.33. The molecule has 0 unspecified atom stereocenters. The van der Waals surface area contributed by atoms with Crippen molar-refractivity contribution in [3.63, 3.8) is 0 Å². The van der Waals surface area contributed by atoms with Crippen LogP contribution in [0.1, 0.15) is 46.8 Å². The molecule has 1 aliphatic heterocycles. The molecule has 8 heteroatoms. The molecule has 2 N–H and O–H groups in total. The first kappa shape index (κ1) is 23.8. The van der Waals surface area contributed by atoms with Crippen LogP contribution < -0.4 is 10.6 Å². The lowest BCUT2D eigenvalue weighted by molar-refractivity contribution is -0.116. The predicted molar refractivity (Wildman–Crippen MR) is 144 cm³/mol. The van der Waals surface area contributed by atoms with E-state index in [9.17, 15) is 4.79 Å². The molecule has 4 heterocycles. The highest BCUT2D eigenvalue weighted by Crippen LogP contribution is 2.39. The molecule has 184 valence electrons. The van der Waals surface area contributed by atoms with E-state index in [0.717, 1.165) is 34.0 Å². The monoisotopic (exact) mass is 499 g/mol. The molecule has 4 aromatic rings. The number of furan rings is 1. The number of nitrogens with one attached hydrogen (secondary N) is 2. The van der Waals surface area contributed by atoms with Crippen molar-refractivity contribution in [1.29, 1.82) is 0 Å². The molecular weight excluding hydrogens is 470 g/mol. The summed E-state index contributed by atoms with van der Waals surface area (Å²) >= 11 is 5.77. The van der Waals surface area contributed by atoms with Crippen LogP contribution in [0, 0.1) is 13.8 Å². The summed E-state index contributed by atoms with van der Waals surface area (Å²) in [7, 11) is 0. The van der Waals surface area contributed by atoms with E-state index in [-0.39, 0.29) is 18.0 Å². The van der Waals surface area contributed by atoms with E-state index in [2.05, 4.69) is 31.2 Å². The Morgan fingerprint density at radius 3 is 2.81 bits per heavy atom. The van der Waals surface area contributed by atoms with Crippen molar-refractivity contribution in [2.45, 2.75) is 38.9 Å². The Kier molecular flexibility index (Phi) is 6.86. The molecule has 0 spiro atoms. The molecular formula is C28H29N5O2S. The van der Waals surface area contributed by atoms with Gasteiger partial charge < -0.3 is 24.5 Å². The van der Waals surface area contributed by atoms with Gasteiger partial charge in [-0.3, -0.25) is 9.78 Å². The Balaban J connectivity index is 1.39. The second-order valence-corrected chi connectivity index (χ2v) is 9.46. The van der Waals surface area contributed by atoms with Gasteiger partial charge in [-0.1, -0.05) is 18.2 Å². The number of rotatable bonds is 8. The molecule has 0 bridgehead atoms. The minimum Gasteiger partial charge on any atom is -0.467 e. The number of hydrogen-bond acceptors (Lipinski definition) is 4. The molecule has 0 radical (unpaired) electrons. The molecule has 36 heavy (non-hydrogen) atoms. The van der Waals surface area contributed by atoms with Crippen LogP contribution in [0.25, 0.3) is 0 Å². The van der Waals surface area contributed by atoms with Crippen LogP contribution in [-0.2, 0) is 11.3 Å². The standard InChI is InChI=1S/C28H29N5O2S/c1-19-10-11-20(2)23(17-19)30-25(34)12-15-33-27(26(31-28(33)36)22-8-3-4-13-29-22)24-9-5-14-32(24)18-21-7-6-16-35-21/h3-11,13-14,16-17,26-27H,12,15,18H2,1-2H3,(H,30,34)(H,31,36)/t26-,27-/m1/s1. The Bertz CT molecular complexity index is 1350. The summed E-state index contributed by atoms with van der Waals surface area (Å²) in [5.74, 6) is 0.826. The average Bonchev–Trinajstić information content (AvgIpc) is 3.62. The number of benzene rings is 1. The Morgan fingerprint density at radius 2 is 2.03 bits per heavy atom. The highest BCUT2D eigenvalue weighted by atomic mass is 32.1. The average molecular weight is 500 g/mol. The summed E-state index contributed by atoms with van der Waals surface area (Å²) < 4.78 is 7.76. The molecule has 1 amide bonds. The third-order valence-corrected chi connectivity index (χ3v) is 6.87. The Morgan fingerprint density at radius 1 is 1.14 bits per heavy atom. The maximum absolute atomic E-state index is 12.9. The lowest BCUT2D eigenvalue weighted by atomic mass is 10.0. The maximum Gasteiger partial charge on any atom is 0.226 e. The third-order valence-electron chi connectivity index (χ3n) is 6.52. The number of pyridine rings is 1. The summed E-state index contributed by atoms with van der Waals surface area (Å²) in [5.41, 5.74) is 4.96. The molecule has 0 aliphatic carbocycles. The molecule has 0 saturated carbocycles. The van der Waals surface area contributed by atoms with Gasteiger partial charge in [0.15, 0.2) is 5.11 Å². The highest BCUT2D eigenvalue weighted by molar-refractivity contribution is 7.80. The van der Waals surface area contributed by atoms with Gasteiger partial charge in [-0.15, -0.1) is 0 Å². The highest BCUT2D eigenvalue weighted by Gasteiger charge is 2.41. The molecule has 7 nitrogen and oxygen atoms in total. The third kappa shape index (κ3) is 5.04.